The molecule has 0 heterocycles. The Kier molecular flexibility index (Phi) is 3.36. The van der Waals surface area contributed by atoms with Crippen LogP contribution in [0.2, 0.25) is 0 Å². The van der Waals surface area contributed by atoms with E-state index in [1.54, 1.807) is 24.3 Å². The third-order valence-electron chi connectivity index (χ3n) is 0.893. The van der Waals surface area contributed by atoms with E-state index in [9.17, 15) is 0 Å². The fraction of sp³-hybridized carbons (Fsp3) is 0. The molecular weight excluding hydrogens is 150 g/mol. The van der Waals surface area contributed by atoms with E-state index < -0.39 is 0 Å². The van der Waals surface area contributed by atoms with Crippen molar-refractivity contribution in [2.24, 2.45) is 0 Å². The van der Waals surface area contributed by atoms with Crippen LogP contribution >= 0.6 is 0 Å². The van der Waals surface area contributed by atoms with Gasteiger partial charge < -0.3 is 10.8 Å². The van der Waals surface area contributed by atoms with E-state index in [0.29, 0.717) is 5.69 Å². The molecule has 0 saturated carbocycles. The van der Waals surface area contributed by atoms with Crippen LogP contribution in [0.1, 0.15) is 0 Å². The summed E-state index contributed by atoms with van der Waals surface area (Å²) in [5.41, 5.74) is 5.98. The topological polar surface area (TPSA) is 46.2 Å². The molecule has 1 rings (SSSR count). The van der Waals surface area contributed by atoms with Crippen molar-refractivity contribution in [3.05, 3.63) is 24.3 Å². The van der Waals surface area contributed by atoms with Crippen LogP contribution in [0.15, 0.2) is 24.3 Å². The molecule has 0 aliphatic carbocycles. The van der Waals surface area contributed by atoms with E-state index in [1.165, 1.54) is 0 Å². The number of phenolic OH excluding ortho intramolecular Hbond substituents is 1. The first-order chi connectivity index (χ1) is 3.79. The summed E-state index contributed by atoms with van der Waals surface area (Å²) in [7, 11) is 0. The van der Waals surface area contributed by atoms with Gasteiger partial charge in [0.15, 0.2) is 0 Å². The van der Waals surface area contributed by atoms with Gasteiger partial charge in [0.05, 0.1) is 0 Å². The number of nitrogen functional groups attached to an aromatic ring is 1. The van der Waals surface area contributed by atoms with Crippen LogP contribution < -0.4 is 5.73 Å². The molecule has 0 radical (unpaired) electrons. The number of aromatic hydroxyl groups is 1. The molecule has 1 aromatic rings. The van der Waals surface area contributed by atoms with Crippen molar-refractivity contribution in [3.8, 4) is 5.75 Å². The Morgan fingerprint density at radius 2 is 1.56 bits per heavy atom. The molecule has 0 aromatic heterocycles. The van der Waals surface area contributed by atoms with Gasteiger partial charge in [-0.2, -0.15) is 0 Å². The second-order valence-corrected chi connectivity index (χ2v) is 1.59. The van der Waals surface area contributed by atoms with Crippen molar-refractivity contribution in [2.75, 3.05) is 5.73 Å². The molecular formula is C6H7NOTi. The number of anilines is 1. The Hall–Kier alpha value is -0.466. The Balaban J connectivity index is 0.000000640. The number of hydrogen-bond donors (Lipinski definition) is 2. The predicted molar refractivity (Wildman–Crippen MR) is 32.5 cm³/mol. The molecule has 1 aromatic carbocycles. The molecule has 0 atom stereocenters. The summed E-state index contributed by atoms with van der Waals surface area (Å²) in [6, 6.07) is 6.40. The van der Waals surface area contributed by atoms with Crippen molar-refractivity contribution >= 4 is 5.69 Å². The quantitative estimate of drug-likeness (QED) is 0.335. The Labute approximate surface area is 68.6 Å². The summed E-state index contributed by atoms with van der Waals surface area (Å²) in [6.45, 7) is 0. The van der Waals surface area contributed by atoms with Crippen LogP contribution in [0.4, 0.5) is 5.69 Å². The standard InChI is InChI=1S/C6H7NO.Ti/c7-5-1-3-6(8)4-2-5;/h1-4,8H,7H2;. The van der Waals surface area contributed by atoms with E-state index in [0.717, 1.165) is 0 Å². The second kappa shape index (κ2) is 3.54. The first kappa shape index (κ1) is 8.53. The zero-order valence-corrected chi connectivity index (χ0v) is 6.40. The van der Waals surface area contributed by atoms with Crippen LogP contribution in [0.5, 0.6) is 5.75 Å². The molecule has 0 bridgehead atoms. The minimum absolute atomic E-state index is 0. The van der Waals surface area contributed by atoms with Crippen molar-refractivity contribution in [1.82, 2.24) is 0 Å². The number of hydrogen-bond acceptors (Lipinski definition) is 2. The fourth-order valence-electron chi connectivity index (χ4n) is 0.474. The molecule has 2 nitrogen and oxygen atoms in total. The third-order valence-corrected chi connectivity index (χ3v) is 0.893. The molecule has 9 heavy (non-hydrogen) atoms. The molecule has 0 unspecified atom stereocenters. The summed E-state index contributed by atoms with van der Waals surface area (Å²) >= 11 is 0. The maximum atomic E-state index is 8.70. The Morgan fingerprint density at radius 1 is 1.11 bits per heavy atom. The number of benzene rings is 1. The summed E-state index contributed by atoms with van der Waals surface area (Å²) in [5.74, 6) is 0.249. The molecule has 3 N–H and O–H groups in total. The third kappa shape index (κ3) is 2.54. The summed E-state index contributed by atoms with van der Waals surface area (Å²) in [6.07, 6.45) is 0. The Morgan fingerprint density at radius 3 is 1.89 bits per heavy atom. The Bertz CT molecular complexity index is 152. The normalized spacial score (nSPS) is 8.00. The average molecular weight is 157 g/mol. The summed E-state index contributed by atoms with van der Waals surface area (Å²) < 4.78 is 0. The summed E-state index contributed by atoms with van der Waals surface area (Å²) in [5, 5.41) is 8.70. The molecule has 0 fully saturated rings. The zero-order valence-electron chi connectivity index (χ0n) is 4.83. The second-order valence-electron chi connectivity index (χ2n) is 1.59. The van der Waals surface area contributed by atoms with Gasteiger partial charge in [-0.15, -0.1) is 0 Å². The summed E-state index contributed by atoms with van der Waals surface area (Å²) in [4.78, 5) is 0. The van der Waals surface area contributed by atoms with Gasteiger partial charge >= 0.3 is 0 Å². The van der Waals surface area contributed by atoms with Crippen LogP contribution in [-0.4, -0.2) is 5.11 Å². The fourth-order valence-corrected chi connectivity index (χ4v) is 0.474. The molecule has 0 aliphatic heterocycles. The molecule has 0 spiro atoms. The van der Waals surface area contributed by atoms with Crippen molar-refractivity contribution < 1.29 is 26.8 Å². The van der Waals surface area contributed by atoms with Crippen LogP contribution in [0.25, 0.3) is 0 Å². The predicted octanol–water partition coefficient (Wildman–Crippen LogP) is 0.972. The van der Waals surface area contributed by atoms with Gasteiger partial charge in [0, 0.05) is 27.4 Å². The SMILES string of the molecule is Nc1ccc(O)cc1.[Ti]. The minimum atomic E-state index is 0. The van der Waals surface area contributed by atoms with Crippen LogP contribution in [0, 0.1) is 0 Å². The monoisotopic (exact) mass is 157 g/mol. The van der Waals surface area contributed by atoms with Gasteiger partial charge in [0.1, 0.15) is 5.75 Å². The van der Waals surface area contributed by atoms with Gasteiger partial charge in [-0.3, -0.25) is 0 Å². The van der Waals surface area contributed by atoms with Crippen molar-refractivity contribution in [2.45, 2.75) is 0 Å². The molecule has 0 saturated heterocycles. The minimum Gasteiger partial charge on any atom is -0.508 e. The molecule has 3 heteroatoms. The van der Waals surface area contributed by atoms with E-state index >= 15 is 0 Å². The maximum Gasteiger partial charge on any atom is 0.115 e. The van der Waals surface area contributed by atoms with Crippen LogP contribution in [0.3, 0.4) is 0 Å². The number of nitrogens with two attached hydrogens (primary N) is 1. The van der Waals surface area contributed by atoms with Gasteiger partial charge in [-0.1, -0.05) is 0 Å². The van der Waals surface area contributed by atoms with Crippen LogP contribution in [-0.2, 0) is 21.7 Å². The number of rotatable bonds is 0. The molecule has 0 amide bonds. The molecule has 46 valence electrons. The van der Waals surface area contributed by atoms with Gasteiger partial charge in [0.2, 0.25) is 0 Å². The first-order valence-corrected chi connectivity index (χ1v) is 2.33. The van der Waals surface area contributed by atoms with E-state index in [1.807, 2.05) is 0 Å². The van der Waals surface area contributed by atoms with Gasteiger partial charge in [0.25, 0.3) is 0 Å². The van der Waals surface area contributed by atoms with Gasteiger partial charge in [-0.05, 0) is 24.3 Å². The van der Waals surface area contributed by atoms with E-state index in [4.69, 9.17) is 10.8 Å². The van der Waals surface area contributed by atoms with E-state index in [2.05, 4.69) is 0 Å². The largest absolute Gasteiger partial charge is 0.508 e. The van der Waals surface area contributed by atoms with Gasteiger partial charge in [-0.25, -0.2) is 0 Å². The maximum absolute atomic E-state index is 8.70. The molecule has 0 aliphatic rings. The average Bonchev–Trinajstić information content (AvgIpc) is 1.77. The van der Waals surface area contributed by atoms with Crippen molar-refractivity contribution in [1.29, 1.82) is 0 Å². The number of phenols is 1. The first-order valence-electron chi connectivity index (χ1n) is 2.33. The smallest absolute Gasteiger partial charge is 0.115 e. The van der Waals surface area contributed by atoms with E-state index in [-0.39, 0.29) is 27.5 Å². The zero-order chi connectivity index (χ0) is 5.98. The van der Waals surface area contributed by atoms with Crippen molar-refractivity contribution in [3.63, 3.8) is 0 Å².